The number of benzene rings is 1. The number of methoxy groups -OCH3 is 1. The van der Waals surface area contributed by atoms with Gasteiger partial charge in [-0.15, -0.1) is 5.10 Å². The Kier molecular flexibility index (Phi) is 4.52. The molecule has 2 rings (SSSR count). The first-order valence-corrected chi connectivity index (χ1v) is 6.68. The highest BCUT2D eigenvalue weighted by Gasteiger charge is 2.25. The van der Waals surface area contributed by atoms with Gasteiger partial charge in [0, 0.05) is 5.56 Å². The lowest BCUT2D eigenvalue weighted by Gasteiger charge is -2.16. The van der Waals surface area contributed by atoms with Crippen LogP contribution in [0.5, 0.6) is 5.75 Å². The van der Waals surface area contributed by atoms with Crippen LogP contribution in [0.15, 0.2) is 24.3 Å². The van der Waals surface area contributed by atoms with Crippen LogP contribution in [0.2, 0.25) is 0 Å². The molecule has 0 aliphatic carbocycles. The zero-order valence-electron chi connectivity index (χ0n) is 12.2. The normalized spacial score (nSPS) is 12.4. The maximum atomic E-state index is 11.5. The Hall–Kier alpha value is -2.44. The highest BCUT2D eigenvalue weighted by atomic mass is 16.5. The molecular weight excluding hydrogens is 272 g/mol. The Morgan fingerprint density at radius 2 is 2.00 bits per heavy atom. The highest BCUT2D eigenvalue weighted by Crippen LogP contribution is 2.25. The van der Waals surface area contributed by atoms with E-state index in [1.807, 2.05) is 13.8 Å². The zero-order valence-corrected chi connectivity index (χ0v) is 12.2. The van der Waals surface area contributed by atoms with Gasteiger partial charge in [-0.05, 0) is 47.0 Å². The molecule has 0 saturated carbocycles. The molecule has 2 aromatic rings. The predicted octanol–water partition coefficient (Wildman–Crippen LogP) is 2.02. The van der Waals surface area contributed by atoms with Gasteiger partial charge >= 0.3 is 5.97 Å². The first kappa shape index (κ1) is 15.0. The third-order valence-electron chi connectivity index (χ3n) is 3.12. The molecule has 0 aliphatic rings. The number of tetrazole rings is 1. The molecule has 0 bridgehead atoms. The fourth-order valence-corrected chi connectivity index (χ4v) is 2.09. The summed E-state index contributed by atoms with van der Waals surface area (Å²) in [5.41, 5.74) is 0.746. The smallest absolute Gasteiger partial charge is 0.328 e. The van der Waals surface area contributed by atoms with Crippen LogP contribution < -0.4 is 4.74 Å². The molecule has 21 heavy (non-hydrogen) atoms. The lowest BCUT2D eigenvalue weighted by atomic mass is 10.0. The largest absolute Gasteiger partial charge is 0.497 e. The van der Waals surface area contributed by atoms with Crippen LogP contribution in [0.25, 0.3) is 11.4 Å². The standard InChI is InChI=1S/C14H18N4O3/c1-9(2)8-12(14(19)20)18-13(15-16-17-18)10-4-6-11(21-3)7-5-10/h4-7,9,12H,8H2,1-3H3,(H,19,20). The lowest BCUT2D eigenvalue weighted by Crippen LogP contribution is -2.23. The Morgan fingerprint density at radius 1 is 1.33 bits per heavy atom. The molecular formula is C14H18N4O3. The second kappa shape index (κ2) is 6.34. The molecule has 0 saturated heterocycles. The summed E-state index contributed by atoms with van der Waals surface area (Å²) in [5, 5.41) is 20.8. The Morgan fingerprint density at radius 3 is 2.52 bits per heavy atom. The van der Waals surface area contributed by atoms with E-state index >= 15 is 0 Å². The number of ether oxygens (including phenoxy) is 1. The van der Waals surface area contributed by atoms with E-state index in [9.17, 15) is 9.90 Å². The Labute approximate surface area is 122 Å². The first-order valence-electron chi connectivity index (χ1n) is 6.68. The fraction of sp³-hybridized carbons (Fsp3) is 0.429. The summed E-state index contributed by atoms with van der Waals surface area (Å²) < 4.78 is 6.47. The maximum absolute atomic E-state index is 11.5. The van der Waals surface area contributed by atoms with E-state index < -0.39 is 12.0 Å². The first-order chi connectivity index (χ1) is 10.0. The number of carboxylic acid groups (broad SMARTS) is 1. The van der Waals surface area contributed by atoms with Gasteiger partial charge in [0.25, 0.3) is 0 Å². The zero-order chi connectivity index (χ0) is 15.4. The van der Waals surface area contributed by atoms with Crippen molar-refractivity contribution in [3.63, 3.8) is 0 Å². The highest BCUT2D eigenvalue weighted by molar-refractivity contribution is 5.72. The van der Waals surface area contributed by atoms with Gasteiger partial charge in [-0.3, -0.25) is 0 Å². The van der Waals surface area contributed by atoms with Gasteiger partial charge in [-0.2, -0.15) is 0 Å². The monoisotopic (exact) mass is 290 g/mol. The molecule has 1 aromatic heterocycles. The number of aliphatic carboxylic acids is 1. The molecule has 1 N–H and O–H groups in total. The van der Waals surface area contributed by atoms with Crippen molar-refractivity contribution in [3.05, 3.63) is 24.3 Å². The molecule has 0 radical (unpaired) electrons. The van der Waals surface area contributed by atoms with Crippen LogP contribution in [0.1, 0.15) is 26.3 Å². The van der Waals surface area contributed by atoms with Crippen LogP contribution in [-0.2, 0) is 4.79 Å². The predicted molar refractivity (Wildman–Crippen MR) is 75.9 cm³/mol. The second-order valence-electron chi connectivity index (χ2n) is 5.16. The number of carboxylic acids is 1. The van der Waals surface area contributed by atoms with Crippen LogP contribution in [0.3, 0.4) is 0 Å². The summed E-state index contributed by atoms with van der Waals surface area (Å²) in [7, 11) is 1.59. The van der Waals surface area contributed by atoms with Crippen LogP contribution in [0.4, 0.5) is 0 Å². The van der Waals surface area contributed by atoms with Crippen molar-refractivity contribution in [2.75, 3.05) is 7.11 Å². The topological polar surface area (TPSA) is 90.1 Å². The van der Waals surface area contributed by atoms with E-state index in [0.29, 0.717) is 12.2 Å². The molecule has 7 nitrogen and oxygen atoms in total. The summed E-state index contributed by atoms with van der Waals surface area (Å²) in [6.45, 7) is 3.93. The molecule has 0 aliphatic heterocycles. The van der Waals surface area contributed by atoms with E-state index in [2.05, 4.69) is 15.5 Å². The van der Waals surface area contributed by atoms with Gasteiger partial charge in [0.05, 0.1) is 7.11 Å². The number of nitrogens with zero attached hydrogens (tertiary/aromatic N) is 4. The van der Waals surface area contributed by atoms with Crippen LogP contribution >= 0.6 is 0 Å². The molecule has 0 fully saturated rings. The van der Waals surface area contributed by atoms with Gasteiger partial charge in [-0.1, -0.05) is 13.8 Å². The summed E-state index contributed by atoms with van der Waals surface area (Å²) >= 11 is 0. The van der Waals surface area contributed by atoms with E-state index in [1.165, 1.54) is 4.68 Å². The molecule has 7 heteroatoms. The average molecular weight is 290 g/mol. The Bertz CT molecular complexity index is 607. The maximum Gasteiger partial charge on any atom is 0.328 e. The van der Waals surface area contributed by atoms with Crippen molar-refractivity contribution in [1.29, 1.82) is 0 Å². The second-order valence-corrected chi connectivity index (χ2v) is 5.16. The van der Waals surface area contributed by atoms with E-state index in [-0.39, 0.29) is 5.92 Å². The van der Waals surface area contributed by atoms with E-state index in [0.717, 1.165) is 11.3 Å². The van der Waals surface area contributed by atoms with E-state index in [4.69, 9.17) is 4.74 Å². The molecule has 0 amide bonds. The van der Waals surface area contributed by atoms with Crippen LogP contribution in [-0.4, -0.2) is 38.4 Å². The fourth-order valence-electron chi connectivity index (χ4n) is 2.09. The molecule has 112 valence electrons. The average Bonchev–Trinajstić information content (AvgIpc) is 2.93. The number of aromatic nitrogens is 4. The van der Waals surface area contributed by atoms with Gasteiger partial charge in [0.2, 0.25) is 0 Å². The molecule has 1 atom stereocenters. The quantitative estimate of drug-likeness (QED) is 0.875. The molecule has 1 aromatic carbocycles. The van der Waals surface area contributed by atoms with Gasteiger partial charge < -0.3 is 9.84 Å². The summed E-state index contributed by atoms with van der Waals surface area (Å²) in [4.78, 5) is 11.5. The third kappa shape index (κ3) is 3.36. The third-order valence-corrected chi connectivity index (χ3v) is 3.12. The van der Waals surface area contributed by atoms with Gasteiger partial charge in [0.15, 0.2) is 11.9 Å². The van der Waals surface area contributed by atoms with Gasteiger partial charge in [0.1, 0.15) is 5.75 Å². The molecule has 1 heterocycles. The summed E-state index contributed by atoms with van der Waals surface area (Å²) in [6.07, 6.45) is 0.462. The van der Waals surface area contributed by atoms with Crippen molar-refractivity contribution < 1.29 is 14.6 Å². The van der Waals surface area contributed by atoms with Crippen molar-refractivity contribution in [2.24, 2.45) is 5.92 Å². The number of rotatable bonds is 6. The number of hydrogen-bond donors (Lipinski definition) is 1. The van der Waals surface area contributed by atoms with Crippen molar-refractivity contribution in [2.45, 2.75) is 26.3 Å². The lowest BCUT2D eigenvalue weighted by molar-refractivity contribution is -0.141. The molecule has 0 spiro atoms. The van der Waals surface area contributed by atoms with Crippen molar-refractivity contribution in [3.8, 4) is 17.1 Å². The van der Waals surface area contributed by atoms with E-state index in [1.54, 1.807) is 31.4 Å². The minimum Gasteiger partial charge on any atom is -0.497 e. The molecule has 1 unspecified atom stereocenters. The number of hydrogen-bond acceptors (Lipinski definition) is 5. The SMILES string of the molecule is COc1ccc(-c2nnnn2C(CC(C)C)C(=O)O)cc1. The van der Waals surface area contributed by atoms with Crippen molar-refractivity contribution >= 4 is 5.97 Å². The minimum absolute atomic E-state index is 0.221. The van der Waals surface area contributed by atoms with Crippen LogP contribution in [0, 0.1) is 5.92 Å². The summed E-state index contributed by atoms with van der Waals surface area (Å²) in [6, 6.07) is 6.39. The number of carbonyl (C=O) groups is 1. The van der Waals surface area contributed by atoms with Crippen molar-refractivity contribution in [1.82, 2.24) is 20.2 Å². The van der Waals surface area contributed by atoms with Gasteiger partial charge in [-0.25, -0.2) is 9.48 Å². The minimum atomic E-state index is -0.939. The Balaban J connectivity index is 2.37. The summed E-state index contributed by atoms with van der Waals surface area (Å²) in [5.74, 6) is 0.435.